The van der Waals surface area contributed by atoms with Crippen LogP contribution in [0.25, 0.3) is 0 Å². The third-order valence-electron chi connectivity index (χ3n) is 5.27. The number of aryl methyl sites for hydroxylation is 1. The highest BCUT2D eigenvalue weighted by Gasteiger charge is 2.56. The number of nitrogens with zero attached hydrogens (tertiary/aromatic N) is 2. The van der Waals surface area contributed by atoms with Crippen molar-refractivity contribution in [3.05, 3.63) is 94.5 Å². The molecule has 2 unspecified atom stereocenters. The molecule has 3 aromatic rings. The Morgan fingerprint density at radius 1 is 0.929 bits per heavy atom. The van der Waals surface area contributed by atoms with Gasteiger partial charge < -0.3 is 5.11 Å². The minimum absolute atomic E-state index is 0.259. The van der Waals surface area contributed by atoms with Gasteiger partial charge in [0.1, 0.15) is 0 Å². The molecule has 2 atom stereocenters. The van der Waals surface area contributed by atoms with Crippen LogP contribution in [-0.4, -0.2) is 17.2 Å². The summed E-state index contributed by atoms with van der Waals surface area (Å²) in [6.07, 6.45) is 0. The Morgan fingerprint density at radius 3 is 2.25 bits per heavy atom. The molecule has 1 saturated heterocycles. The Kier molecular flexibility index (Phi) is 4.73. The number of hydrogen-bond acceptors (Lipinski definition) is 2. The number of benzene rings is 3. The van der Waals surface area contributed by atoms with Crippen LogP contribution in [0, 0.1) is 6.92 Å². The van der Waals surface area contributed by atoms with E-state index in [1.807, 2.05) is 92.7 Å². The van der Waals surface area contributed by atoms with E-state index < -0.39 is 11.8 Å². The van der Waals surface area contributed by atoms with E-state index in [4.69, 9.17) is 0 Å². The van der Waals surface area contributed by atoms with Crippen LogP contribution in [0.1, 0.15) is 18.1 Å². The molecule has 1 fully saturated rings. The van der Waals surface area contributed by atoms with Crippen molar-refractivity contribution in [2.24, 2.45) is 0 Å². The van der Waals surface area contributed by atoms with E-state index in [1.165, 1.54) is 4.90 Å². The quantitative estimate of drug-likeness (QED) is 0.593. The number of aliphatic hydroxyl groups is 1. The summed E-state index contributed by atoms with van der Waals surface area (Å²) in [7, 11) is 0. The number of amides is 2. The van der Waals surface area contributed by atoms with Crippen molar-refractivity contribution in [3.63, 3.8) is 0 Å². The molecule has 28 heavy (non-hydrogen) atoms. The Hall–Kier alpha value is -2.63. The van der Waals surface area contributed by atoms with E-state index in [1.54, 1.807) is 4.90 Å². The van der Waals surface area contributed by atoms with Gasteiger partial charge in [-0.25, -0.2) is 4.79 Å². The largest absolute Gasteiger partial charge is 0.365 e. The molecule has 0 saturated carbocycles. The van der Waals surface area contributed by atoms with Gasteiger partial charge in [-0.05, 0) is 50.2 Å². The molecule has 1 heterocycles. The molecule has 1 aliphatic heterocycles. The van der Waals surface area contributed by atoms with E-state index >= 15 is 0 Å². The van der Waals surface area contributed by atoms with E-state index in [2.05, 4.69) is 15.9 Å². The Bertz CT molecular complexity index is 1010. The fourth-order valence-electron chi connectivity index (χ4n) is 3.85. The van der Waals surface area contributed by atoms with Crippen LogP contribution >= 0.6 is 15.9 Å². The van der Waals surface area contributed by atoms with Crippen LogP contribution in [-0.2, 0) is 5.72 Å². The highest BCUT2D eigenvalue weighted by Crippen LogP contribution is 2.44. The van der Waals surface area contributed by atoms with Crippen molar-refractivity contribution in [2.75, 3.05) is 9.80 Å². The first kappa shape index (κ1) is 18.7. The van der Waals surface area contributed by atoms with Crippen molar-refractivity contribution in [2.45, 2.75) is 25.6 Å². The van der Waals surface area contributed by atoms with Crippen LogP contribution in [0.4, 0.5) is 16.2 Å². The summed E-state index contributed by atoms with van der Waals surface area (Å²) in [5.74, 6) is 0. The minimum atomic E-state index is -1.51. The zero-order chi connectivity index (χ0) is 19.9. The first-order valence-corrected chi connectivity index (χ1v) is 9.96. The Balaban J connectivity index is 1.91. The summed E-state index contributed by atoms with van der Waals surface area (Å²) in [6.45, 7) is 3.86. The summed E-state index contributed by atoms with van der Waals surface area (Å²) in [5.41, 5.74) is 1.61. The van der Waals surface area contributed by atoms with Gasteiger partial charge in [0.15, 0.2) is 5.72 Å². The highest BCUT2D eigenvalue weighted by atomic mass is 79.9. The summed E-state index contributed by atoms with van der Waals surface area (Å²) in [4.78, 5) is 16.7. The van der Waals surface area contributed by atoms with Crippen molar-refractivity contribution in [3.8, 4) is 0 Å². The number of halogens is 1. The molecule has 0 aliphatic carbocycles. The predicted molar refractivity (Wildman–Crippen MR) is 115 cm³/mol. The monoisotopic (exact) mass is 436 g/mol. The van der Waals surface area contributed by atoms with Gasteiger partial charge in [0.25, 0.3) is 0 Å². The number of carbonyl (C=O) groups excluding carboxylic acids is 1. The summed E-state index contributed by atoms with van der Waals surface area (Å²) in [5, 5.41) is 12.0. The molecule has 0 aromatic heterocycles. The summed E-state index contributed by atoms with van der Waals surface area (Å²) >= 11 is 3.44. The van der Waals surface area contributed by atoms with Crippen LogP contribution in [0.15, 0.2) is 83.3 Å². The standard InChI is InChI=1S/C23H21BrN2O2/c1-16-7-6-8-18(15-16)23(28)17(2)25(20-9-4-3-5-10-20)22(27)26(23)21-13-11-19(24)12-14-21/h3-15,17,28H,1-2H3. The normalized spacial score (nSPS) is 22.0. The van der Waals surface area contributed by atoms with Gasteiger partial charge in [-0.1, -0.05) is 64.0 Å². The van der Waals surface area contributed by atoms with Crippen molar-refractivity contribution in [1.29, 1.82) is 0 Å². The van der Waals surface area contributed by atoms with Gasteiger partial charge >= 0.3 is 6.03 Å². The van der Waals surface area contributed by atoms with Crippen LogP contribution in [0.5, 0.6) is 0 Å². The molecular formula is C23H21BrN2O2. The lowest BCUT2D eigenvalue weighted by molar-refractivity contribution is 0.0371. The first-order valence-electron chi connectivity index (χ1n) is 9.16. The molecule has 4 rings (SSSR count). The molecule has 0 radical (unpaired) electrons. The van der Waals surface area contributed by atoms with Gasteiger partial charge in [0, 0.05) is 21.4 Å². The Labute approximate surface area is 173 Å². The molecule has 142 valence electrons. The maximum atomic E-state index is 13.6. The molecule has 5 heteroatoms. The lowest BCUT2D eigenvalue weighted by Gasteiger charge is -2.36. The van der Waals surface area contributed by atoms with Crippen LogP contribution < -0.4 is 9.80 Å². The third kappa shape index (κ3) is 2.91. The zero-order valence-corrected chi connectivity index (χ0v) is 17.3. The number of para-hydroxylation sites is 1. The molecule has 4 nitrogen and oxygen atoms in total. The molecule has 3 aromatic carbocycles. The smallest absolute Gasteiger partial charge is 0.332 e. The molecule has 0 bridgehead atoms. The maximum absolute atomic E-state index is 13.6. The van der Waals surface area contributed by atoms with Gasteiger partial charge in [-0.2, -0.15) is 0 Å². The average molecular weight is 437 g/mol. The maximum Gasteiger partial charge on any atom is 0.332 e. The van der Waals surface area contributed by atoms with E-state index in [9.17, 15) is 9.90 Å². The molecule has 0 spiro atoms. The highest BCUT2D eigenvalue weighted by molar-refractivity contribution is 9.10. The van der Waals surface area contributed by atoms with Crippen LogP contribution in [0.3, 0.4) is 0 Å². The topological polar surface area (TPSA) is 43.8 Å². The number of hydrogen-bond donors (Lipinski definition) is 1. The number of carbonyl (C=O) groups is 1. The predicted octanol–water partition coefficient (Wildman–Crippen LogP) is 5.44. The number of anilines is 2. The number of urea groups is 1. The third-order valence-corrected chi connectivity index (χ3v) is 5.80. The fraction of sp³-hybridized carbons (Fsp3) is 0.174. The molecular weight excluding hydrogens is 416 g/mol. The molecule has 2 amide bonds. The second kappa shape index (κ2) is 7.08. The lowest BCUT2D eigenvalue weighted by atomic mass is 9.93. The zero-order valence-electron chi connectivity index (χ0n) is 15.7. The first-order chi connectivity index (χ1) is 13.4. The van der Waals surface area contributed by atoms with Gasteiger partial charge in [-0.3, -0.25) is 9.80 Å². The lowest BCUT2D eigenvalue weighted by Crippen LogP contribution is -2.48. The van der Waals surface area contributed by atoms with Crippen molar-refractivity contribution in [1.82, 2.24) is 0 Å². The van der Waals surface area contributed by atoms with Crippen LogP contribution in [0.2, 0.25) is 0 Å². The van der Waals surface area contributed by atoms with Gasteiger partial charge in [-0.15, -0.1) is 0 Å². The molecule has 1 N–H and O–H groups in total. The second-order valence-electron chi connectivity index (χ2n) is 7.07. The summed E-state index contributed by atoms with van der Waals surface area (Å²) in [6, 6.07) is 23.8. The van der Waals surface area contributed by atoms with Gasteiger partial charge in [0.05, 0.1) is 6.04 Å². The van der Waals surface area contributed by atoms with Crippen molar-refractivity contribution >= 4 is 33.3 Å². The number of rotatable bonds is 3. The van der Waals surface area contributed by atoms with E-state index in [0.717, 1.165) is 15.7 Å². The minimum Gasteiger partial charge on any atom is -0.365 e. The van der Waals surface area contributed by atoms with E-state index in [0.29, 0.717) is 11.3 Å². The van der Waals surface area contributed by atoms with Crippen molar-refractivity contribution < 1.29 is 9.90 Å². The Morgan fingerprint density at radius 2 is 1.61 bits per heavy atom. The average Bonchev–Trinajstić information content (AvgIpc) is 2.90. The van der Waals surface area contributed by atoms with E-state index in [-0.39, 0.29) is 6.03 Å². The fourth-order valence-corrected chi connectivity index (χ4v) is 4.11. The molecule has 1 aliphatic rings. The van der Waals surface area contributed by atoms with Gasteiger partial charge in [0.2, 0.25) is 0 Å². The SMILES string of the molecule is Cc1cccc(C2(O)C(C)N(c3ccccc3)C(=O)N2c2ccc(Br)cc2)c1. The summed E-state index contributed by atoms with van der Waals surface area (Å²) < 4.78 is 0.912. The second-order valence-corrected chi connectivity index (χ2v) is 7.99.